The van der Waals surface area contributed by atoms with Gasteiger partial charge in [-0.1, -0.05) is 43.8 Å². The third-order valence-corrected chi connectivity index (χ3v) is 5.61. The number of ether oxygens (including phenoxy) is 2. The third kappa shape index (κ3) is 7.26. The number of carbonyl (C=O) groups is 1. The van der Waals surface area contributed by atoms with Crippen LogP contribution >= 0.6 is 0 Å². The molecule has 0 unspecified atom stereocenters. The fraction of sp³-hybridized carbons (Fsp3) is 0.241. The number of amides is 2. The Labute approximate surface area is 227 Å². The maximum Gasteiger partial charge on any atom is 0.324 e. The number of anilines is 3. The standard InChI is InChI=1S/C29H30N6O4/c1-29(2,3)25-15-26(35-39-25)34-28(36)33-22-8-6-7-19(13-22)9-10-21-16-30-18-32-27(21)31-17-20-11-12-23(37-4)14-24(20)38-5/h6-8,11-16,18H,17H2,1-5H3,(H,30,31,32)(H2,33,34,35,36). The number of nitrogens with one attached hydrogen (secondary N) is 3. The lowest BCUT2D eigenvalue weighted by molar-refractivity contribution is 0.262. The Hall–Kier alpha value is -5.04. The molecule has 39 heavy (non-hydrogen) atoms. The first-order valence-electron chi connectivity index (χ1n) is 12.2. The SMILES string of the molecule is COc1ccc(CNc2ncncc2C#Cc2cccc(NC(=O)Nc3cc(C(C)(C)C)on3)c2)c(OC)c1. The van der Waals surface area contributed by atoms with Crippen LogP contribution in [0.1, 0.15) is 43.2 Å². The molecule has 4 aromatic rings. The van der Waals surface area contributed by atoms with Crippen LogP contribution in [0, 0.1) is 11.8 Å². The van der Waals surface area contributed by atoms with Crippen molar-refractivity contribution < 1.29 is 18.8 Å². The second-order valence-electron chi connectivity index (χ2n) is 9.55. The van der Waals surface area contributed by atoms with E-state index in [1.807, 2.05) is 51.1 Å². The summed E-state index contributed by atoms with van der Waals surface area (Å²) in [6, 6.07) is 14.1. The van der Waals surface area contributed by atoms with Crippen molar-refractivity contribution in [2.24, 2.45) is 0 Å². The lowest BCUT2D eigenvalue weighted by atomic mass is 9.93. The van der Waals surface area contributed by atoms with Crippen molar-refractivity contribution in [3.05, 3.63) is 83.5 Å². The third-order valence-electron chi connectivity index (χ3n) is 5.61. The maximum atomic E-state index is 12.5. The van der Waals surface area contributed by atoms with Gasteiger partial charge in [-0.2, -0.15) is 0 Å². The summed E-state index contributed by atoms with van der Waals surface area (Å²) < 4.78 is 16.0. The van der Waals surface area contributed by atoms with E-state index in [0.717, 1.165) is 5.56 Å². The van der Waals surface area contributed by atoms with E-state index in [-0.39, 0.29) is 5.41 Å². The Bertz CT molecular complexity index is 1510. The van der Waals surface area contributed by atoms with Crippen molar-refractivity contribution >= 4 is 23.4 Å². The zero-order chi connectivity index (χ0) is 27.8. The second kappa shape index (κ2) is 12.0. The van der Waals surface area contributed by atoms with Crippen LogP contribution in [0.2, 0.25) is 0 Å². The van der Waals surface area contributed by atoms with E-state index < -0.39 is 6.03 Å². The number of hydrogen-bond donors (Lipinski definition) is 3. The van der Waals surface area contributed by atoms with E-state index >= 15 is 0 Å². The fourth-order valence-corrected chi connectivity index (χ4v) is 3.52. The summed E-state index contributed by atoms with van der Waals surface area (Å²) in [5.41, 5.74) is 2.64. The van der Waals surface area contributed by atoms with Crippen molar-refractivity contribution in [3.63, 3.8) is 0 Å². The number of methoxy groups -OCH3 is 2. The van der Waals surface area contributed by atoms with Crippen LogP contribution in [0.25, 0.3) is 0 Å². The summed E-state index contributed by atoms with van der Waals surface area (Å²) in [5, 5.41) is 12.7. The Morgan fingerprint density at radius 2 is 1.87 bits per heavy atom. The van der Waals surface area contributed by atoms with E-state index in [0.29, 0.717) is 52.3 Å². The molecule has 2 aromatic carbocycles. The van der Waals surface area contributed by atoms with E-state index in [9.17, 15) is 4.79 Å². The molecule has 0 atom stereocenters. The molecule has 10 nitrogen and oxygen atoms in total. The molecule has 0 spiro atoms. The molecule has 0 aliphatic heterocycles. The summed E-state index contributed by atoms with van der Waals surface area (Å²) in [5.74, 6) is 9.24. The number of hydrogen-bond acceptors (Lipinski definition) is 8. The Morgan fingerprint density at radius 1 is 1.03 bits per heavy atom. The quantitative estimate of drug-likeness (QED) is 0.272. The Balaban J connectivity index is 1.42. The molecule has 2 aromatic heterocycles. The molecular weight excluding hydrogens is 496 g/mol. The largest absolute Gasteiger partial charge is 0.497 e. The highest BCUT2D eigenvalue weighted by Gasteiger charge is 2.20. The Kier molecular flexibility index (Phi) is 8.31. The normalized spacial score (nSPS) is 10.7. The number of benzene rings is 2. The number of urea groups is 1. The summed E-state index contributed by atoms with van der Waals surface area (Å²) in [6.45, 7) is 6.48. The minimum absolute atomic E-state index is 0.210. The average Bonchev–Trinajstić information content (AvgIpc) is 3.40. The lowest BCUT2D eigenvalue weighted by Crippen LogP contribution is -2.19. The molecule has 0 saturated carbocycles. The molecule has 0 radical (unpaired) electrons. The topological polar surface area (TPSA) is 123 Å². The van der Waals surface area contributed by atoms with Gasteiger partial charge in [-0.05, 0) is 30.3 Å². The molecule has 0 fully saturated rings. The van der Waals surface area contributed by atoms with Crippen LogP contribution in [-0.4, -0.2) is 35.4 Å². The highest BCUT2D eigenvalue weighted by Crippen LogP contribution is 2.26. The van der Waals surface area contributed by atoms with Crippen LogP contribution in [0.15, 0.2) is 65.6 Å². The fourth-order valence-electron chi connectivity index (χ4n) is 3.52. The molecule has 0 aliphatic rings. The van der Waals surface area contributed by atoms with Crippen molar-refractivity contribution in [2.45, 2.75) is 32.7 Å². The van der Waals surface area contributed by atoms with Crippen LogP contribution in [-0.2, 0) is 12.0 Å². The number of rotatable bonds is 7. The average molecular weight is 527 g/mol. The molecule has 200 valence electrons. The van der Waals surface area contributed by atoms with Crippen molar-refractivity contribution in [1.82, 2.24) is 15.1 Å². The van der Waals surface area contributed by atoms with E-state index in [1.165, 1.54) is 6.33 Å². The van der Waals surface area contributed by atoms with Gasteiger partial charge in [0, 0.05) is 47.1 Å². The van der Waals surface area contributed by atoms with Crippen molar-refractivity contribution in [1.29, 1.82) is 0 Å². The zero-order valence-electron chi connectivity index (χ0n) is 22.5. The smallest absolute Gasteiger partial charge is 0.324 e. The van der Waals surface area contributed by atoms with Crippen LogP contribution in [0.4, 0.5) is 22.1 Å². The monoisotopic (exact) mass is 526 g/mol. The highest BCUT2D eigenvalue weighted by atomic mass is 16.5. The van der Waals surface area contributed by atoms with Crippen LogP contribution in [0.5, 0.6) is 11.5 Å². The number of carbonyl (C=O) groups excluding carboxylic acids is 1. The summed E-state index contributed by atoms with van der Waals surface area (Å²) >= 11 is 0. The summed E-state index contributed by atoms with van der Waals surface area (Å²) in [7, 11) is 3.23. The first-order valence-corrected chi connectivity index (χ1v) is 12.2. The molecule has 4 rings (SSSR count). The predicted octanol–water partition coefficient (Wildman–Crippen LogP) is 5.44. The van der Waals surface area contributed by atoms with E-state index in [2.05, 4.69) is 42.9 Å². The van der Waals surface area contributed by atoms with E-state index in [1.54, 1.807) is 38.6 Å². The van der Waals surface area contributed by atoms with Crippen molar-refractivity contribution in [3.8, 4) is 23.3 Å². The van der Waals surface area contributed by atoms with Gasteiger partial charge in [0.1, 0.15) is 29.4 Å². The summed E-state index contributed by atoms with van der Waals surface area (Å²) in [6.07, 6.45) is 3.11. The van der Waals surface area contributed by atoms with Gasteiger partial charge in [-0.15, -0.1) is 0 Å². The molecule has 0 aliphatic carbocycles. The first kappa shape index (κ1) is 27.0. The predicted molar refractivity (Wildman–Crippen MR) is 149 cm³/mol. The molecule has 0 saturated heterocycles. The minimum atomic E-state index is -0.439. The molecule has 2 amide bonds. The molecule has 2 heterocycles. The van der Waals surface area contributed by atoms with Gasteiger partial charge < -0.3 is 24.6 Å². The van der Waals surface area contributed by atoms with Gasteiger partial charge in [0.05, 0.1) is 19.8 Å². The summed E-state index contributed by atoms with van der Waals surface area (Å²) in [4.78, 5) is 20.9. The lowest BCUT2D eigenvalue weighted by Gasteiger charge is -2.12. The zero-order valence-corrected chi connectivity index (χ0v) is 22.5. The van der Waals surface area contributed by atoms with Crippen molar-refractivity contribution in [2.75, 3.05) is 30.2 Å². The van der Waals surface area contributed by atoms with Gasteiger partial charge in [-0.3, -0.25) is 5.32 Å². The minimum Gasteiger partial charge on any atom is -0.497 e. The van der Waals surface area contributed by atoms with Gasteiger partial charge >= 0.3 is 6.03 Å². The van der Waals surface area contributed by atoms with Crippen LogP contribution in [0.3, 0.4) is 0 Å². The molecular formula is C29H30N6O4. The van der Waals surface area contributed by atoms with Gasteiger partial charge in [0.15, 0.2) is 5.82 Å². The molecule has 0 bridgehead atoms. The second-order valence-corrected chi connectivity index (χ2v) is 9.55. The van der Waals surface area contributed by atoms with Gasteiger partial charge in [-0.25, -0.2) is 14.8 Å². The maximum absolute atomic E-state index is 12.5. The van der Waals surface area contributed by atoms with Gasteiger partial charge in [0.25, 0.3) is 0 Å². The van der Waals surface area contributed by atoms with E-state index in [4.69, 9.17) is 14.0 Å². The number of aromatic nitrogens is 3. The molecule has 3 N–H and O–H groups in total. The first-order chi connectivity index (χ1) is 18.7. The highest BCUT2D eigenvalue weighted by molar-refractivity contribution is 5.99. The number of nitrogens with zero attached hydrogens (tertiary/aromatic N) is 3. The molecule has 10 heteroatoms. The van der Waals surface area contributed by atoms with Crippen LogP contribution < -0.4 is 25.4 Å². The van der Waals surface area contributed by atoms with Gasteiger partial charge in [0.2, 0.25) is 0 Å². The Morgan fingerprint density at radius 3 is 2.62 bits per heavy atom.